The van der Waals surface area contributed by atoms with E-state index in [1.54, 1.807) is 24.3 Å². The summed E-state index contributed by atoms with van der Waals surface area (Å²) >= 11 is 0. The number of carbonyl (C=O) groups excluding carboxylic acids is 2. The molecule has 2 aromatic rings. The monoisotopic (exact) mass is 341 g/mol. The van der Waals surface area contributed by atoms with Crippen molar-refractivity contribution in [1.29, 1.82) is 0 Å². The van der Waals surface area contributed by atoms with Crippen LogP contribution in [0.15, 0.2) is 42.5 Å². The fourth-order valence-electron chi connectivity index (χ4n) is 2.45. The number of ether oxygens (including phenoxy) is 2. The zero-order valence-corrected chi connectivity index (χ0v) is 13.8. The Morgan fingerprint density at radius 3 is 2.56 bits per heavy atom. The van der Waals surface area contributed by atoms with E-state index < -0.39 is 0 Å². The van der Waals surface area contributed by atoms with Crippen LogP contribution in [0.5, 0.6) is 11.5 Å². The van der Waals surface area contributed by atoms with Crippen LogP contribution >= 0.6 is 0 Å². The smallest absolute Gasteiger partial charge is 0.238 e. The highest BCUT2D eigenvalue weighted by atomic mass is 16.7. The zero-order valence-electron chi connectivity index (χ0n) is 13.8. The maximum atomic E-state index is 12.0. The first-order chi connectivity index (χ1) is 12.1. The maximum absolute atomic E-state index is 12.0. The normalized spacial score (nSPS) is 11.9. The molecule has 0 saturated heterocycles. The van der Waals surface area contributed by atoms with Gasteiger partial charge in [-0.1, -0.05) is 12.1 Å². The van der Waals surface area contributed by atoms with Gasteiger partial charge in [0.25, 0.3) is 0 Å². The molecule has 0 bridgehead atoms. The van der Waals surface area contributed by atoms with E-state index in [0.717, 1.165) is 17.1 Å². The molecule has 0 aromatic heterocycles. The van der Waals surface area contributed by atoms with Crippen LogP contribution in [-0.4, -0.2) is 25.2 Å². The minimum atomic E-state index is -0.166. The van der Waals surface area contributed by atoms with Crippen molar-refractivity contribution in [2.24, 2.45) is 0 Å². The number of hydrogen-bond donors (Lipinski definition) is 3. The Morgan fingerprint density at radius 2 is 1.76 bits per heavy atom. The molecule has 1 aliphatic rings. The average molecular weight is 341 g/mol. The summed E-state index contributed by atoms with van der Waals surface area (Å²) in [7, 11) is 0. The molecule has 0 unspecified atom stereocenters. The van der Waals surface area contributed by atoms with Gasteiger partial charge in [0, 0.05) is 24.8 Å². The van der Waals surface area contributed by atoms with Gasteiger partial charge in [-0.05, 0) is 35.9 Å². The van der Waals surface area contributed by atoms with Gasteiger partial charge in [0.15, 0.2) is 11.5 Å². The number of amides is 2. The summed E-state index contributed by atoms with van der Waals surface area (Å²) in [5.74, 6) is 1.13. The van der Waals surface area contributed by atoms with Gasteiger partial charge >= 0.3 is 0 Å². The molecular weight excluding hydrogens is 322 g/mol. The van der Waals surface area contributed by atoms with E-state index in [1.807, 2.05) is 18.2 Å². The highest BCUT2D eigenvalue weighted by Crippen LogP contribution is 2.32. The van der Waals surface area contributed by atoms with Crippen LogP contribution in [0.4, 0.5) is 11.4 Å². The lowest BCUT2D eigenvalue weighted by atomic mass is 10.2. The molecule has 25 heavy (non-hydrogen) atoms. The van der Waals surface area contributed by atoms with Crippen LogP contribution in [0.2, 0.25) is 0 Å². The summed E-state index contributed by atoms with van der Waals surface area (Å²) in [6.07, 6.45) is 0. The van der Waals surface area contributed by atoms with Gasteiger partial charge in [-0.15, -0.1) is 0 Å². The van der Waals surface area contributed by atoms with Crippen molar-refractivity contribution in [3.8, 4) is 11.5 Å². The number of fused-ring (bicyclic) bond motifs is 1. The average Bonchev–Trinajstić information content (AvgIpc) is 3.02. The van der Waals surface area contributed by atoms with Crippen molar-refractivity contribution in [3.05, 3.63) is 48.0 Å². The third-order valence-corrected chi connectivity index (χ3v) is 3.52. The van der Waals surface area contributed by atoms with Gasteiger partial charge < -0.3 is 25.4 Å². The Balaban J connectivity index is 1.47. The lowest BCUT2D eigenvalue weighted by Crippen LogP contribution is -2.27. The fourth-order valence-corrected chi connectivity index (χ4v) is 2.45. The molecule has 7 heteroatoms. The molecule has 2 amide bonds. The zero-order chi connectivity index (χ0) is 17.6. The van der Waals surface area contributed by atoms with Gasteiger partial charge in [0.05, 0.1) is 6.54 Å². The summed E-state index contributed by atoms with van der Waals surface area (Å²) < 4.78 is 10.6. The van der Waals surface area contributed by atoms with E-state index in [4.69, 9.17) is 9.47 Å². The highest BCUT2D eigenvalue weighted by molar-refractivity contribution is 5.94. The second-order valence-electron chi connectivity index (χ2n) is 5.60. The van der Waals surface area contributed by atoms with Crippen LogP contribution in [0, 0.1) is 0 Å². The topological polar surface area (TPSA) is 88.7 Å². The van der Waals surface area contributed by atoms with E-state index in [1.165, 1.54) is 6.92 Å². The Labute approximate surface area is 145 Å². The molecule has 0 atom stereocenters. The summed E-state index contributed by atoms with van der Waals surface area (Å²) in [4.78, 5) is 23.1. The summed E-state index contributed by atoms with van der Waals surface area (Å²) in [6.45, 7) is 2.38. The third kappa shape index (κ3) is 4.71. The molecule has 2 aromatic carbocycles. The predicted octanol–water partition coefficient (Wildman–Crippen LogP) is 2.10. The first kappa shape index (κ1) is 16.8. The van der Waals surface area contributed by atoms with E-state index in [9.17, 15) is 9.59 Å². The van der Waals surface area contributed by atoms with Crippen molar-refractivity contribution in [3.63, 3.8) is 0 Å². The van der Waals surface area contributed by atoms with Gasteiger partial charge in [-0.25, -0.2) is 0 Å². The SMILES string of the molecule is CC(=O)Nc1cccc(NC(=O)CNCc2ccc3c(c2)OCO3)c1. The number of rotatable bonds is 6. The molecule has 1 aliphatic heterocycles. The largest absolute Gasteiger partial charge is 0.454 e. The molecule has 0 spiro atoms. The molecule has 7 nitrogen and oxygen atoms in total. The van der Waals surface area contributed by atoms with E-state index in [2.05, 4.69) is 16.0 Å². The Morgan fingerprint density at radius 1 is 1.00 bits per heavy atom. The minimum absolute atomic E-state index is 0.158. The molecule has 1 heterocycles. The standard InChI is InChI=1S/C18H19N3O4/c1-12(22)20-14-3-2-4-15(8-14)21-18(23)10-19-9-13-5-6-16-17(7-13)25-11-24-16/h2-8,19H,9-11H2,1H3,(H,20,22)(H,21,23). The van der Waals surface area contributed by atoms with E-state index >= 15 is 0 Å². The Kier molecular flexibility index (Phi) is 5.15. The van der Waals surface area contributed by atoms with Crippen molar-refractivity contribution < 1.29 is 19.1 Å². The van der Waals surface area contributed by atoms with E-state index in [0.29, 0.717) is 17.9 Å². The highest BCUT2D eigenvalue weighted by Gasteiger charge is 2.13. The van der Waals surface area contributed by atoms with Crippen LogP contribution in [0.25, 0.3) is 0 Å². The lowest BCUT2D eigenvalue weighted by Gasteiger charge is -2.09. The van der Waals surface area contributed by atoms with Crippen molar-refractivity contribution in [2.75, 3.05) is 24.0 Å². The summed E-state index contributed by atoms with van der Waals surface area (Å²) in [5, 5.41) is 8.54. The van der Waals surface area contributed by atoms with E-state index in [-0.39, 0.29) is 25.2 Å². The lowest BCUT2D eigenvalue weighted by molar-refractivity contribution is -0.115. The number of carbonyl (C=O) groups is 2. The first-order valence-electron chi connectivity index (χ1n) is 7.87. The first-order valence-corrected chi connectivity index (χ1v) is 7.87. The predicted molar refractivity (Wildman–Crippen MR) is 93.6 cm³/mol. The molecule has 0 fully saturated rings. The van der Waals surface area contributed by atoms with Gasteiger partial charge in [0.1, 0.15) is 0 Å². The molecule has 130 valence electrons. The second kappa shape index (κ2) is 7.67. The fraction of sp³-hybridized carbons (Fsp3) is 0.222. The molecule has 3 N–H and O–H groups in total. The molecule has 3 rings (SSSR count). The van der Waals surface area contributed by atoms with Crippen molar-refractivity contribution in [1.82, 2.24) is 5.32 Å². The van der Waals surface area contributed by atoms with Gasteiger partial charge in [-0.3, -0.25) is 9.59 Å². The molecule has 0 radical (unpaired) electrons. The Hall–Kier alpha value is -3.06. The van der Waals surface area contributed by atoms with Gasteiger partial charge in [-0.2, -0.15) is 0 Å². The van der Waals surface area contributed by atoms with Gasteiger partial charge in [0.2, 0.25) is 18.6 Å². The number of hydrogen-bond acceptors (Lipinski definition) is 5. The Bertz CT molecular complexity index is 792. The van der Waals surface area contributed by atoms with Crippen molar-refractivity contribution >= 4 is 23.2 Å². The molecular formula is C18H19N3O4. The number of benzene rings is 2. The molecule has 0 saturated carbocycles. The second-order valence-corrected chi connectivity index (χ2v) is 5.60. The summed E-state index contributed by atoms with van der Waals surface area (Å²) in [5.41, 5.74) is 2.27. The van der Waals surface area contributed by atoms with Crippen LogP contribution in [-0.2, 0) is 16.1 Å². The number of anilines is 2. The summed E-state index contributed by atoms with van der Waals surface area (Å²) in [6, 6.07) is 12.7. The quantitative estimate of drug-likeness (QED) is 0.749. The van der Waals surface area contributed by atoms with Crippen LogP contribution in [0.1, 0.15) is 12.5 Å². The van der Waals surface area contributed by atoms with Crippen molar-refractivity contribution in [2.45, 2.75) is 13.5 Å². The minimum Gasteiger partial charge on any atom is -0.454 e. The van der Waals surface area contributed by atoms with Crippen LogP contribution in [0.3, 0.4) is 0 Å². The number of nitrogens with one attached hydrogen (secondary N) is 3. The van der Waals surface area contributed by atoms with Crippen LogP contribution < -0.4 is 25.4 Å². The molecule has 0 aliphatic carbocycles. The third-order valence-electron chi connectivity index (χ3n) is 3.52. The maximum Gasteiger partial charge on any atom is 0.238 e.